The molecular formula is C20H20BBrO2S. The first-order valence-electron chi connectivity index (χ1n) is 8.41. The normalized spacial score (nSPS) is 18.8. The summed E-state index contributed by atoms with van der Waals surface area (Å²) in [5.41, 5.74) is 1.63. The molecule has 2 heterocycles. The van der Waals surface area contributed by atoms with Crippen molar-refractivity contribution in [2.75, 3.05) is 0 Å². The highest BCUT2D eigenvalue weighted by molar-refractivity contribution is 9.10. The predicted octanol–water partition coefficient (Wildman–Crippen LogP) is 5.63. The van der Waals surface area contributed by atoms with Gasteiger partial charge in [-0.25, -0.2) is 0 Å². The standard InChI is InChI=1S/C20H20BBrO2S/c1-19(2)20(3,4)24-21(23-19)17-15-7-5-6-8-16(15)25-18(17)13-9-11-14(22)12-10-13/h5-12H,1-4H3. The molecule has 1 fully saturated rings. The summed E-state index contributed by atoms with van der Waals surface area (Å²) in [7, 11) is -0.361. The summed E-state index contributed by atoms with van der Waals surface area (Å²) >= 11 is 5.32. The summed E-state index contributed by atoms with van der Waals surface area (Å²) in [6.07, 6.45) is 0. The molecule has 0 spiro atoms. The lowest BCUT2D eigenvalue weighted by Crippen LogP contribution is -2.41. The van der Waals surface area contributed by atoms with Gasteiger partial charge in [-0.2, -0.15) is 0 Å². The Morgan fingerprint density at radius 3 is 2.12 bits per heavy atom. The molecule has 0 unspecified atom stereocenters. The van der Waals surface area contributed by atoms with Gasteiger partial charge in [-0.1, -0.05) is 46.3 Å². The molecule has 3 aromatic rings. The quantitative estimate of drug-likeness (QED) is 0.506. The van der Waals surface area contributed by atoms with Crippen LogP contribution in [0.5, 0.6) is 0 Å². The molecule has 0 radical (unpaired) electrons. The third kappa shape index (κ3) is 2.87. The van der Waals surface area contributed by atoms with E-state index < -0.39 is 0 Å². The molecule has 2 nitrogen and oxygen atoms in total. The largest absolute Gasteiger partial charge is 0.496 e. The molecule has 128 valence electrons. The van der Waals surface area contributed by atoms with E-state index in [4.69, 9.17) is 9.31 Å². The van der Waals surface area contributed by atoms with Crippen molar-refractivity contribution in [3.63, 3.8) is 0 Å². The first-order valence-corrected chi connectivity index (χ1v) is 10.0. The topological polar surface area (TPSA) is 18.5 Å². The Bertz CT molecular complexity index is 915. The second kappa shape index (κ2) is 5.95. The van der Waals surface area contributed by atoms with Crippen molar-refractivity contribution in [2.24, 2.45) is 0 Å². The van der Waals surface area contributed by atoms with E-state index in [1.165, 1.54) is 20.5 Å². The number of hydrogen-bond donors (Lipinski definition) is 0. The number of rotatable bonds is 2. The van der Waals surface area contributed by atoms with E-state index in [0.717, 1.165) is 9.94 Å². The van der Waals surface area contributed by atoms with E-state index in [0.29, 0.717) is 0 Å². The molecule has 0 N–H and O–H groups in total. The van der Waals surface area contributed by atoms with Crippen molar-refractivity contribution in [1.29, 1.82) is 0 Å². The maximum atomic E-state index is 6.38. The number of thiophene rings is 1. The first kappa shape index (κ1) is 17.3. The molecule has 0 aliphatic carbocycles. The fourth-order valence-electron chi connectivity index (χ4n) is 3.08. The minimum atomic E-state index is -0.361. The van der Waals surface area contributed by atoms with E-state index in [1.807, 2.05) is 0 Å². The molecule has 1 aliphatic heterocycles. The summed E-state index contributed by atoms with van der Waals surface area (Å²) in [4.78, 5) is 1.22. The van der Waals surface area contributed by atoms with Crippen LogP contribution in [0, 0.1) is 0 Å². The van der Waals surface area contributed by atoms with Gasteiger partial charge in [0.05, 0.1) is 11.2 Å². The van der Waals surface area contributed by atoms with Crippen LogP contribution in [0.4, 0.5) is 0 Å². The molecule has 0 atom stereocenters. The summed E-state index contributed by atoms with van der Waals surface area (Å²) in [6.45, 7) is 8.39. The summed E-state index contributed by atoms with van der Waals surface area (Å²) in [5.74, 6) is 0. The van der Waals surface area contributed by atoms with Gasteiger partial charge in [-0.3, -0.25) is 0 Å². The van der Waals surface area contributed by atoms with Gasteiger partial charge >= 0.3 is 7.12 Å². The molecule has 4 rings (SSSR count). The van der Waals surface area contributed by atoms with Crippen molar-refractivity contribution < 1.29 is 9.31 Å². The van der Waals surface area contributed by atoms with Gasteiger partial charge in [0.25, 0.3) is 0 Å². The lowest BCUT2D eigenvalue weighted by Gasteiger charge is -2.32. The summed E-state index contributed by atoms with van der Waals surface area (Å²) < 4.78 is 15.1. The molecule has 1 saturated heterocycles. The van der Waals surface area contributed by atoms with Crippen molar-refractivity contribution in [3.8, 4) is 10.4 Å². The fourth-order valence-corrected chi connectivity index (χ4v) is 4.56. The zero-order valence-corrected chi connectivity index (χ0v) is 17.2. The van der Waals surface area contributed by atoms with E-state index in [-0.39, 0.29) is 18.3 Å². The van der Waals surface area contributed by atoms with Gasteiger partial charge in [-0.05, 0) is 56.8 Å². The van der Waals surface area contributed by atoms with Crippen LogP contribution in [0.15, 0.2) is 53.0 Å². The summed E-state index contributed by atoms with van der Waals surface area (Å²) in [6, 6.07) is 16.9. The third-order valence-electron chi connectivity index (χ3n) is 5.23. The van der Waals surface area contributed by atoms with Crippen molar-refractivity contribution in [3.05, 3.63) is 53.0 Å². The molecule has 0 saturated carbocycles. The van der Waals surface area contributed by atoms with E-state index in [9.17, 15) is 0 Å². The number of benzene rings is 2. The van der Waals surface area contributed by atoms with E-state index in [2.05, 4.69) is 92.2 Å². The lowest BCUT2D eigenvalue weighted by atomic mass is 9.76. The number of halogens is 1. The molecule has 2 aromatic carbocycles. The fraction of sp³-hybridized carbons (Fsp3) is 0.300. The minimum Gasteiger partial charge on any atom is -0.399 e. The molecule has 25 heavy (non-hydrogen) atoms. The molecule has 1 aliphatic rings. The average molecular weight is 415 g/mol. The van der Waals surface area contributed by atoms with Crippen LogP contribution >= 0.6 is 27.3 Å². The zero-order valence-electron chi connectivity index (χ0n) is 14.8. The van der Waals surface area contributed by atoms with Crippen molar-refractivity contribution in [1.82, 2.24) is 0 Å². The molecule has 5 heteroatoms. The highest BCUT2D eigenvalue weighted by Gasteiger charge is 2.53. The van der Waals surface area contributed by atoms with Crippen LogP contribution in [-0.2, 0) is 9.31 Å². The van der Waals surface area contributed by atoms with Gasteiger partial charge in [0.15, 0.2) is 0 Å². The van der Waals surface area contributed by atoms with Crippen LogP contribution in [0.1, 0.15) is 27.7 Å². The first-order chi connectivity index (χ1) is 11.8. The molecule has 0 amide bonds. The van der Waals surface area contributed by atoms with Crippen molar-refractivity contribution >= 4 is 49.9 Å². The van der Waals surface area contributed by atoms with E-state index in [1.54, 1.807) is 11.3 Å². The van der Waals surface area contributed by atoms with Crippen LogP contribution in [0.3, 0.4) is 0 Å². The Labute approximate surface area is 161 Å². The van der Waals surface area contributed by atoms with Gasteiger partial charge < -0.3 is 9.31 Å². The average Bonchev–Trinajstić information content (AvgIpc) is 3.02. The van der Waals surface area contributed by atoms with Gasteiger partial charge in [0, 0.05) is 19.5 Å². The van der Waals surface area contributed by atoms with Crippen molar-refractivity contribution in [2.45, 2.75) is 38.9 Å². The SMILES string of the molecule is CC1(C)OB(c2c(-c3ccc(Br)cc3)sc3ccccc23)OC1(C)C. The lowest BCUT2D eigenvalue weighted by molar-refractivity contribution is 0.00578. The molecular weight excluding hydrogens is 395 g/mol. The van der Waals surface area contributed by atoms with Crippen LogP contribution in [0.25, 0.3) is 20.5 Å². The Morgan fingerprint density at radius 2 is 1.48 bits per heavy atom. The molecule has 0 bridgehead atoms. The second-order valence-corrected chi connectivity index (χ2v) is 9.40. The van der Waals surface area contributed by atoms with Gasteiger partial charge in [0.2, 0.25) is 0 Å². The summed E-state index contributed by atoms with van der Waals surface area (Å²) in [5, 5.41) is 1.21. The third-order valence-corrected chi connectivity index (χ3v) is 6.99. The monoisotopic (exact) mass is 414 g/mol. The van der Waals surface area contributed by atoms with Gasteiger partial charge in [0.1, 0.15) is 0 Å². The zero-order chi connectivity index (χ0) is 17.8. The van der Waals surface area contributed by atoms with Crippen LogP contribution in [0.2, 0.25) is 0 Å². The highest BCUT2D eigenvalue weighted by Crippen LogP contribution is 2.40. The Hall–Kier alpha value is -1.14. The molecule has 1 aromatic heterocycles. The van der Waals surface area contributed by atoms with Gasteiger partial charge in [-0.15, -0.1) is 11.3 Å². The van der Waals surface area contributed by atoms with E-state index >= 15 is 0 Å². The highest BCUT2D eigenvalue weighted by atomic mass is 79.9. The van der Waals surface area contributed by atoms with Crippen LogP contribution in [-0.4, -0.2) is 18.3 Å². The Kier molecular flexibility index (Phi) is 4.11. The Balaban J connectivity index is 1.90. The smallest absolute Gasteiger partial charge is 0.399 e. The predicted molar refractivity (Wildman–Crippen MR) is 111 cm³/mol. The number of hydrogen-bond acceptors (Lipinski definition) is 3. The second-order valence-electron chi connectivity index (χ2n) is 7.44. The van der Waals surface area contributed by atoms with Crippen LogP contribution < -0.4 is 5.46 Å². The number of fused-ring (bicyclic) bond motifs is 1. The minimum absolute atomic E-state index is 0.350. The maximum absolute atomic E-state index is 6.38. The Morgan fingerprint density at radius 1 is 0.880 bits per heavy atom. The maximum Gasteiger partial charge on any atom is 0.496 e.